The number of nitrogens with zero attached hydrogens (tertiary/aromatic N) is 4. The van der Waals surface area contributed by atoms with E-state index >= 15 is 0 Å². The molecule has 1 saturated heterocycles. The second-order valence-electron chi connectivity index (χ2n) is 6.26. The zero-order valence-corrected chi connectivity index (χ0v) is 13.7. The van der Waals surface area contributed by atoms with Crippen molar-refractivity contribution in [2.45, 2.75) is 19.9 Å². The fraction of sp³-hybridized carbons (Fsp3) is 0.471. The number of pyridine rings is 1. The molecule has 0 spiro atoms. The van der Waals surface area contributed by atoms with E-state index in [9.17, 15) is 4.79 Å². The van der Waals surface area contributed by atoms with Gasteiger partial charge in [-0.2, -0.15) is 5.10 Å². The van der Waals surface area contributed by atoms with E-state index < -0.39 is 0 Å². The van der Waals surface area contributed by atoms with Gasteiger partial charge in [-0.25, -0.2) is 0 Å². The molecule has 1 atom stereocenters. The third-order valence-corrected chi connectivity index (χ3v) is 4.34. The number of likely N-dealkylation sites (tertiary alicyclic amines) is 1. The average molecular weight is 313 g/mol. The van der Waals surface area contributed by atoms with Crippen molar-refractivity contribution in [2.24, 2.45) is 13.0 Å². The number of hydrogen-bond donors (Lipinski definition) is 1. The van der Waals surface area contributed by atoms with E-state index in [0.717, 1.165) is 38.3 Å². The van der Waals surface area contributed by atoms with Crippen LogP contribution in [0.5, 0.6) is 0 Å². The molecule has 0 aromatic carbocycles. The Kier molecular flexibility index (Phi) is 4.71. The molecular weight excluding hydrogens is 290 g/mol. The van der Waals surface area contributed by atoms with E-state index in [1.54, 1.807) is 12.3 Å². The van der Waals surface area contributed by atoms with Gasteiger partial charge in [-0.15, -0.1) is 0 Å². The van der Waals surface area contributed by atoms with Crippen LogP contribution in [0.25, 0.3) is 0 Å². The van der Waals surface area contributed by atoms with Crippen molar-refractivity contribution in [2.75, 3.05) is 19.6 Å². The molecule has 0 saturated carbocycles. The first kappa shape index (κ1) is 15.7. The molecule has 0 unspecified atom stereocenters. The minimum absolute atomic E-state index is 0.0266. The van der Waals surface area contributed by atoms with Gasteiger partial charge in [0.05, 0.1) is 11.8 Å². The van der Waals surface area contributed by atoms with Gasteiger partial charge in [-0.05, 0) is 37.9 Å². The average Bonchev–Trinajstić information content (AvgIpc) is 3.15. The van der Waals surface area contributed by atoms with Gasteiger partial charge in [0, 0.05) is 50.3 Å². The lowest BCUT2D eigenvalue weighted by molar-refractivity contribution is 0.0946. The van der Waals surface area contributed by atoms with Gasteiger partial charge in [0.1, 0.15) is 0 Å². The summed E-state index contributed by atoms with van der Waals surface area (Å²) in [6.45, 7) is 5.60. The summed E-state index contributed by atoms with van der Waals surface area (Å²) in [7, 11) is 1.94. The quantitative estimate of drug-likeness (QED) is 0.906. The smallest absolute Gasteiger partial charge is 0.253 e. The fourth-order valence-corrected chi connectivity index (χ4v) is 3.09. The molecule has 0 aliphatic carbocycles. The summed E-state index contributed by atoms with van der Waals surface area (Å²) >= 11 is 0. The van der Waals surface area contributed by atoms with Crippen molar-refractivity contribution >= 4 is 5.91 Å². The Labute approximate surface area is 136 Å². The summed E-state index contributed by atoms with van der Waals surface area (Å²) in [5.74, 6) is 0.480. The highest BCUT2D eigenvalue weighted by molar-refractivity contribution is 5.95. The maximum absolute atomic E-state index is 12.2. The predicted molar refractivity (Wildman–Crippen MR) is 87.9 cm³/mol. The summed E-state index contributed by atoms with van der Waals surface area (Å²) in [6.07, 6.45) is 6.80. The molecule has 1 fully saturated rings. The number of amides is 1. The molecule has 0 radical (unpaired) electrons. The van der Waals surface area contributed by atoms with E-state index in [2.05, 4.69) is 26.5 Å². The lowest BCUT2D eigenvalue weighted by Crippen LogP contribution is -2.31. The number of hydrogen-bond acceptors (Lipinski definition) is 4. The number of rotatable bonds is 5. The normalized spacial score (nSPS) is 18.3. The lowest BCUT2D eigenvalue weighted by Gasteiger charge is -2.15. The Bertz CT molecular complexity index is 681. The zero-order valence-electron chi connectivity index (χ0n) is 13.7. The molecule has 2 aromatic rings. The minimum Gasteiger partial charge on any atom is -0.352 e. The molecule has 3 rings (SSSR count). The van der Waals surface area contributed by atoms with Crippen LogP contribution in [-0.2, 0) is 13.6 Å². The van der Waals surface area contributed by atoms with Crippen LogP contribution < -0.4 is 5.32 Å². The molecule has 6 nitrogen and oxygen atoms in total. The summed E-state index contributed by atoms with van der Waals surface area (Å²) in [5, 5.41) is 7.25. The van der Waals surface area contributed by atoms with Gasteiger partial charge in [0.2, 0.25) is 0 Å². The molecule has 1 N–H and O–H groups in total. The Morgan fingerprint density at radius 1 is 1.48 bits per heavy atom. The van der Waals surface area contributed by atoms with Crippen molar-refractivity contribution in [3.05, 3.63) is 47.5 Å². The molecule has 1 amide bonds. The monoisotopic (exact) mass is 313 g/mol. The highest BCUT2D eigenvalue weighted by Gasteiger charge is 2.23. The van der Waals surface area contributed by atoms with Crippen molar-refractivity contribution in [3.8, 4) is 0 Å². The third kappa shape index (κ3) is 3.96. The first-order chi connectivity index (χ1) is 11.1. The Hall–Kier alpha value is -2.21. The molecule has 2 aromatic heterocycles. The van der Waals surface area contributed by atoms with Crippen LogP contribution in [0.3, 0.4) is 0 Å². The van der Waals surface area contributed by atoms with E-state index in [1.165, 1.54) is 5.56 Å². The van der Waals surface area contributed by atoms with Crippen LogP contribution >= 0.6 is 0 Å². The topological polar surface area (TPSA) is 63.1 Å². The van der Waals surface area contributed by atoms with Gasteiger partial charge >= 0.3 is 0 Å². The molecule has 1 aliphatic rings. The fourth-order valence-electron chi connectivity index (χ4n) is 3.09. The van der Waals surface area contributed by atoms with Crippen LogP contribution in [0.15, 0.2) is 30.7 Å². The summed E-state index contributed by atoms with van der Waals surface area (Å²) in [6, 6.07) is 3.62. The summed E-state index contributed by atoms with van der Waals surface area (Å²) < 4.78 is 1.83. The van der Waals surface area contributed by atoms with Crippen LogP contribution in [0, 0.1) is 12.8 Å². The highest BCUT2D eigenvalue weighted by atomic mass is 16.1. The van der Waals surface area contributed by atoms with Gasteiger partial charge in [-0.3, -0.25) is 19.4 Å². The van der Waals surface area contributed by atoms with Crippen LogP contribution in [0.1, 0.15) is 28.0 Å². The van der Waals surface area contributed by atoms with Gasteiger partial charge < -0.3 is 5.32 Å². The van der Waals surface area contributed by atoms with E-state index in [-0.39, 0.29) is 5.91 Å². The SMILES string of the molecule is Cc1ncccc1C(=O)NC[C@@H]1CCN(Cc2cnn(C)c2)C1. The van der Waals surface area contributed by atoms with Gasteiger partial charge in [0.15, 0.2) is 0 Å². The molecule has 23 heavy (non-hydrogen) atoms. The molecule has 1 aliphatic heterocycles. The lowest BCUT2D eigenvalue weighted by atomic mass is 10.1. The second-order valence-corrected chi connectivity index (χ2v) is 6.26. The highest BCUT2D eigenvalue weighted by Crippen LogP contribution is 2.18. The molecule has 122 valence electrons. The number of carbonyl (C=O) groups is 1. The molecular formula is C17H23N5O. The largest absolute Gasteiger partial charge is 0.352 e. The van der Waals surface area contributed by atoms with Crippen molar-refractivity contribution in [1.29, 1.82) is 0 Å². The number of aromatic nitrogens is 3. The standard InChI is InChI=1S/C17H23N5O/c1-13-16(4-3-6-18-13)17(23)19-8-14-5-7-22(11-14)12-15-9-20-21(2)10-15/h3-4,6,9-10,14H,5,7-8,11-12H2,1-2H3,(H,19,23)/t14-/m0/s1. The maximum atomic E-state index is 12.2. The Balaban J connectivity index is 1.47. The zero-order chi connectivity index (χ0) is 16.2. The van der Waals surface area contributed by atoms with E-state index in [4.69, 9.17) is 0 Å². The second kappa shape index (κ2) is 6.91. The van der Waals surface area contributed by atoms with Crippen molar-refractivity contribution in [3.63, 3.8) is 0 Å². The van der Waals surface area contributed by atoms with E-state index in [1.807, 2.05) is 30.9 Å². The first-order valence-electron chi connectivity index (χ1n) is 8.01. The first-order valence-corrected chi connectivity index (χ1v) is 8.01. The Morgan fingerprint density at radius 2 is 2.35 bits per heavy atom. The van der Waals surface area contributed by atoms with Crippen LogP contribution in [0.4, 0.5) is 0 Å². The number of carbonyl (C=O) groups excluding carboxylic acids is 1. The predicted octanol–water partition coefficient (Wildman–Crippen LogP) is 1.38. The van der Waals surface area contributed by atoms with Crippen molar-refractivity contribution in [1.82, 2.24) is 25.0 Å². The van der Waals surface area contributed by atoms with Gasteiger partial charge in [0.25, 0.3) is 5.91 Å². The van der Waals surface area contributed by atoms with Crippen molar-refractivity contribution < 1.29 is 4.79 Å². The number of nitrogens with one attached hydrogen (secondary N) is 1. The molecule has 3 heterocycles. The minimum atomic E-state index is -0.0266. The molecule has 6 heteroatoms. The molecule has 0 bridgehead atoms. The van der Waals surface area contributed by atoms with Gasteiger partial charge in [-0.1, -0.05) is 0 Å². The summed E-state index contributed by atoms with van der Waals surface area (Å²) in [5.41, 5.74) is 2.68. The number of aryl methyl sites for hydroxylation is 2. The third-order valence-electron chi connectivity index (χ3n) is 4.34. The van der Waals surface area contributed by atoms with Crippen LogP contribution in [-0.4, -0.2) is 45.2 Å². The van der Waals surface area contributed by atoms with Crippen LogP contribution in [0.2, 0.25) is 0 Å². The summed E-state index contributed by atoms with van der Waals surface area (Å²) in [4.78, 5) is 18.8. The maximum Gasteiger partial charge on any atom is 0.253 e. The van der Waals surface area contributed by atoms with E-state index in [0.29, 0.717) is 11.5 Å². The Morgan fingerprint density at radius 3 is 3.09 bits per heavy atom.